The molecule has 0 N–H and O–H groups in total. The van der Waals surface area contributed by atoms with E-state index in [1.807, 2.05) is 24.4 Å². The van der Waals surface area contributed by atoms with Gasteiger partial charge in [-0.05, 0) is 37.3 Å². The summed E-state index contributed by atoms with van der Waals surface area (Å²) in [5.74, 6) is 0.909. The second-order valence-electron chi connectivity index (χ2n) is 4.61. The molecule has 0 spiro atoms. The standard InChI is InChI=1S/C15H12N4O3/c1-11-9-15(16-10-14(11)19(20)21)22-13-5-3-12(4-6-13)18-8-2-7-17-18/h2-10H,1H3. The molecule has 0 amide bonds. The van der Waals surface area contributed by atoms with Crippen LogP contribution in [0.1, 0.15) is 5.56 Å². The second-order valence-corrected chi connectivity index (χ2v) is 4.61. The van der Waals surface area contributed by atoms with E-state index in [0.717, 1.165) is 5.69 Å². The Hall–Kier alpha value is -3.22. The first-order valence-corrected chi connectivity index (χ1v) is 6.52. The Labute approximate surface area is 126 Å². The van der Waals surface area contributed by atoms with Crippen molar-refractivity contribution >= 4 is 5.69 Å². The molecule has 0 bridgehead atoms. The van der Waals surface area contributed by atoms with Gasteiger partial charge in [-0.3, -0.25) is 10.1 Å². The molecule has 7 nitrogen and oxygen atoms in total. The first-order chi connectivity index (χ1) is 10.6. The predicted molar refractivity (Wildman–Crippen MR) is 79.3 cm³/mol. The van der Waals surface area contributed by atoms with Crippen LogP contribution in [0, 0.1) is 17.0 Å². The van der Waals surface area contributed by atoms with Gasteiger partial charge in [0.2, 0.25) is 5.88 Å². The molecule has 0 saturated carbocycles. The number of nitro groups is 1. The Bertz CT molecular complexity index is 798. The van der Waals surface area contributed by atoms with Gasteiger partial charge < -0.3 is 4.74 Å². The third kappa shape index (κ3) is 2.78. The zero-order valence-corrected chi connectivity index (χ0v) is 11.7. The summed E-state index contributed by atoms with van der Waals surface area (Å²) in [6.45, 7) is 1.65. The van der Waals surface area contributed by atoms with Crippen molar-refractivity contribution in [1.29, 1.82) is 0 Å². The Morgan fingerprint density at radius 2 is 2.05 bits per heavy atom. The van der Waals surface area contributed by atoms with E-state index in [1.165, 1.54) is 6.20 Å². The minimum Gasteiger partial charge on any atom is -0.439 e. The molecule has 0 radical (unpaired) electrons. The average molecular weight is 296 g/mol. The van der Waals surface area contributed by atoms with Crippen molar-refractivity contribution in [3.05, 3.63) is 70.7 Å². The Morgan fingerprint density at radius 1 is 1.27 bits per heavy atom. The molecule has 0 fully saturated rings. The van der Waals surface area contributed by atoms with Crippen LogP contribution in [-0.2, 0) is 0 Å². The van der Waals surface area contributed by atoms with Crippen LogP contribution >= 0.6 is 0 Å². The third-order valence-electron chi connectivity index (χ3n) is 3.08. The Balaban J connectivity index is 1.79. The molecule has 1 aromatic carbocycles. The lowest BCUT2D eigenvalue weighted by Crippen LogP contribution is -1.96. The number of hydrogen-bond acceptors (Lipinski definition) is 5. The van der Waals surface area contributed by atoms with Crippen LogP contribution in [0.3, 0.4) is 0 Å². The smallest absolute Gasteiger partial charge is 0.290 e. The summed E-state index contributed by atoms with van der Waals surface area (Å²) >= 11 is 0. The van der Waals surface area contributed by atoms with Crippen LogP contribution in [-0.4, -0.2) is 19.7 Å². The van der Waals surface area contributed by atoms with E-state index in [9.17, 15) is 10.1 Å². The van der Waals surface area contributed by atoms with Crippen LogP contribution in [0.25, 0.3) is 5.69 Å². The normalized spacial score (nSPS) is 10.4. The van der Waals surface area contributed by atoms with Gasteiger partial charge in [-0.15, -0.1) is 0 Å². The van der Waals surface area contributed by atoms with Gasteiger partial charge >= 0.3 is 0 Å². The van der Waals surface area contributed by atoms with E-state index in [0.29, 0.717) is 17.2 Å². The molecule has 0 aliphatic carbocycles. The van der Waals surface area contributed by atoms with Crippen LogP contribution < -0.4 is 4.74 Å². The fraction of sp³-hybridized carbons (Fsp3) is 0.0667. The highest BCUT2D eigenvalue weighted by molar-refractivity contribution is 5.42. The zero-order valence-electron chi connectivity index (χ0n) is 11.7. The van der Waals surface area contributed by atoms with Gasteiger partial charge in [-0.2, -0.15) is 5.10 Å². The number of nitrogens with zero attached hydrogens (tertiary/aromatic N) is 4. The molecular weight excluding hydrogens is 284 g/mol. The number of aryl methyl sites for hydroxylation is 1. The van der Waals surface area contributed by atoms with Crippen molar-refractivity contribution in [2.75, 3.05) is 0 Å². The minimum absolute atomic E-state index is 0.0265. The Morgan fingerprint density at radius 3 is 2.64 bits per heavy atom. The van der Waals surface area contributed by atoms with Crippen molar-refractivity contribution in [2.24, 2.45) is 0 Å². The number of rotatable bonds is 4. The van der Waals surface area contributed by atoms with Gasteiger partial charge in [0, 0.05) is 24.0 Å². The molecule has 22 heavy (non-hydrogen) atoms. The zero-order chi connectivity index (χ0) is 15.5. The van der Waals surface area contributed by atoms with Crippen molar-refractivity contribution < 1.29 is 9.66 Å². The first-order valence-electron chi connectivity index (χ1n) is 6.52. The summed E-state index contributed by atoms with van der Waals surface area (Å²) < 4.78 is 7.34. The maximum Gasteiger partial charge on any atom is 0.290 e. The van der Waals surface area contributed by atoms with Crippen LogP contribution in [0.2, 0.25) is 0 Å². The van der Waals surface area contributed by atoms with Crippen LogP contribution in [0.5, 0.6) is 11.6 Å². The fourth-order valence-electron chi connectivity index (χ4n) is 1.98. The van der Waals surface area contributed by atoms with Gasteiger partial charge in [0.05, 0.1) is 10.6 Å². The number of benzene rings is 1. The van der Waals surface area contributed by atoms with Crippen molar-refractivity contribution in [3.8, 4) is 17.3 Å². The van der Waals surface area contributed by atoms with Gasteiger partial charge in [0.1, 0.15) is 11.9 Å². The SMILES string of the molecule is Cc1cc(Oc2ccc(-n3cccn3)cc2)ncc1[N+](=O)[O-]. The highest BCUT2D eigenvalue weighted by atomic mass is 16.6. The fourth-order valence-corrected chi connectivity index (χ4v) is 1.98. The minimum atomic E-state index is -0.467. The van der Waals surface area contributed by atoms with Crippen LogP contribution in [0.4, 0.5) is 5.69 Å². The summed E-state index contributed by atoms with van der Waals surface area (Å²) in [6, 6.07) is 10.7. The summed E-state index contributed by atoms with van der Waals surface area (Å²) in [4.78, 5) is 14.2. The molecule has 110 valence electrons. The van der Waals surface area contributed by atoms with E-state index in [4.69, 9.17) is 4.74 Å². The summed E-state index contributed by atoms with van der Waals surface area (Å²) in [5.41, 5.74) is 1.38. The lowest BCUT2D eigenvalue weighted by Gasteiger charge is -2.07. The maximum absolute atomic E-state index is 10.8. The number of ether oxygens (including phenoxy) is 1. The second kappa shape index (κ2) is 5.65. The molecule has 3 aromatic rings. The average Bonchev–Trinajstić information content (AvgIpc) is 3.02. The summed E-state index contributed by atoms with van der Waals surface area (Å²) in [6.07, 6.45) is 4.74. The molecule has 0 atom stereocenters. The molecule has 2 aromatic heterocycles. The molecular formula is C15H12N4O3. The molecule has 7 heteroatoms. The summed E-state index contributed by atoms with van der Waals surface area (Å²) in [7, 11) is 0. The first kappa shape index (κ1) is 13.7. The molecule has 0 saturated heterocycles. The topological polar surface area (TPSA) is 83.1 Å². The molecule has 0 unspecified atom stereocenters. The van der Waals surface area contributed by atoms with Gasteiger partial charge in [-0.25, -0.2) is 9.67 Å². The Kier molecular flexibility index (Phi) is 3.53. The quantitative estimate of drug-likeness (QED) is 0.545. The van der Waals surface area contributed by atoms with E-state index in [-0.39, 0.29) is 5.69 Å². The predicted octanol–water partition coefficient (Wildman–Crippen LogP) is 3.28. The van der Waals surface area contributed by atoms with Crippen molar-refractivity contribution in [3.63, 3.8) is 0 Å². The number of aromatic nitrogens is 3. The van der Waals surface area contributed by atoms with E-state index in [2.05, 4.69) is 10.1 Å². The van der Waals surface area contributed by atoms with E-state index < -0.39 is 4.92 Å². The lowest BCUT2D eigenvalue weighted by atomic mass is 10.2. The summed E-state index contributed by atoms with van der Waals surface area (Å²) in [5, 5.41) is 14.9. The number of hydrogen-bond donors (Lipinski definition) is 0. The van der Waals surface area contributed by atoms with Gasteiger partial charge in [-0.1, -0.05) is 0 Å². The monoisotopic (exact) mass is 296 g/mol. The number of pyridine rings is 1. The molecule has 0 aliphatic rings. The van der Waals surface area contributed by atoms with E-state index >= 15 is 0 Å². The highest BCUT2D eigenvalue weighted by Crippen LogP contribution is 2.25. The van der Waals surface area contributed by atoms with Gasteiger partial charge in [0.25, 0.3) is 5.69 Å². The van der Waals surface area contributed by atoms with Crippen molar-refractivity contribution in [1.82, 2.24) is 14.8 Å². The molecule has 3 rings (SSSR count). The highest BCUT2D eigenvalue weighted by Gasteiger charge is 2.12. The van der Waals surface area contributed by atoms with Crippen LogP contribution in [0.15, 0.2) is 55.0 Å². The largest absolute Gasteiger partial charge is 0.439 e. The maximum atomic E-state index is 10.8. The molecule has 0 aliphatic heterocycles. The lowest BCUT2D eigenvalue weighted by molar-refractivity contribution is -0.385. The van der Waals surface area contributed by atoms with E-state index in [1.54, 1.807) is 36.0 Å². The van der Waals surface area contributed by atoms with Crippen molar-refractivity contribution in [2.45, 2.75) is 6.92 Å². The van der Waals surface area contributed by atoms with Gasteiger partial charge in [0.15, 0.2) is 0 Å². The third-order valence-corrected chi connectivity index (χ3v) is 3.08. The molecule has 2 heterocycles.